The molecule has 1 heterocycles. The maximum absolute atomic E-state index is 12.5. The van der Waals surface area contributed by atoms with E-state index in [1.165, 1.54) is 13.2 Å². The molecule has 104 valence electrons. The van der Waals surface area contributed by atoms with Crippen molar-refractivity contribution in [3.8, 4) is 11.5 Å². The molecule has 5 nitrogen and oxygen atoms in total. The molecule has 0 radical (unpaired) electrons. The molecule has 0 bridgehead atoms. The Morgan fingerprint density at radius 2 is 2.21 bits per heavy atom. The van der Waals surface area contributed by atoms with Gasteiger partial charge in [0, 0.05) is 31.2 Å². The average Bonchev–Trinajstić information content (AvgIpc) is 2.40. The third-order valence-corrected chi connectivity index (χ3v) is 3.46. The Labute approximate surface area is 113 Å². The van der Waals surface area contributed by atoms with E-state index in [1.807, 2.05) is 13.8 Å². The SMILES string of the molecule is COc1ccc(C(=O)N2CC(C)NCC2C)c(O)c1. The van der Waals surface area contributed by atoms with Crippen molar-refractivity contribution in [1.82, 2.24) is 10.2 Å². The largest absolute Gasteiger partial charge is 0.507 e. The number of aromatic hydroxyl groups is 1. The van der Waals surface area contributed by atoms with Gasteiger partial charge >= 0.3 is 0 Å². The Balaban J connectivity index is 2.23. The zero-order chi connectivity index (χ0) is 14.0. The van der Waals surface area contributed by atoms with Crippen LogP contribution in [0.4, 0.5) is 0 Å². The molecule has 0 aliphatic carbocycles. The zero-order valence-electron chi connectivity index (χ0n) is 11.5. The van der Waals surface area contributed by atoms with E-state index < -0.39 is 0 Å². The summed E-state index contributed by atoms with van der Waals surface area (Å²) < 4.78 is 5.02. The van der Waals surface area contributed by atoms with Crippen LogP contribution in [0.2, 0.25) is 0 Å². The van der Waals surface area contributed by atoms with Gasteiger partial charge in [-0.15, -0.1) is 0 Å². The standard InChI is InChI=1S/C14H20N2O3/c1-9-8-16(10(2)7-15-9)14(18)12-5-4-11(19-3)6-13(12)17/h4-6,9-10,15,17H,7-8H2,1-3H3. The van der Waals surface area contributed by atoms with E-state index in [9.17, 15) is 9.90 Å². The molecule has 1 fully saturated rings. The molecule has 1 aliphatic heterocycles. The van der Waals surface area contributed by atoms with Gasteiger partial charge in [0.2, 0.25) is 0 Å². The number of methoxy groups -OCH3 is 1. The number of phenolic OH excluding ortho intramolecular Hbond substituents is 1. The van der Waals surface area contributed by atoms with Crippen molar-refractivity contribution in [2.45, 2.75) is 25.9 Å². The Hall–Kier alpha value is -1.75. The Morgan fingerprint density at radius 1 is 1.47 bits per heavy atom. The minimum Gasteiger partial charge on any atom is -0.507 e. The second-order valence-corrected chi connectivity index (χ2v) is 5.00. The van der Waals surface area contributed by atoms with Crippen LogP contribution in [0.25, 0.3) is 0 Å². The summed E-state index contributed by atoms with van der Waals surface area (Å²) >= 11 is 0. The van der Waals surface area contributed by atoms with Gasteiger partial charge in [-0.1, -0.05) is 0 Å². The maximum atomic E-state index is 12.5. The molecule has 2 rings (SSSR count). The zero-order valence-corrected chi connectivity index (χ0v) is 11.5. The predicted molar refractivity (Wildman–Crippen MR) is 72.6 cm³/mol. The summed E-state index contributed by atoms with van der Waals surface area (Å²) in [7, 11) is 1.52. The number of nitrogens with zero attached hydrogens (tertiary/aromatic N) is 1. The topological polar surface area (TPSA) is 61.8 Å². The molecule has 1 aliphatic rings. The van der Waals surface area contributed by atoms with E-state index in [2.05, 4.69) is 5.32 Å². The first-order valence-electron chi connectivity index (χ1n) is 6.44. The quantitative estimate of drug-likeness (QED) is 0.843. The van der Waals surface area contributed by atoms with Crippen molar-refractivity contribution in [2.75, 3.05) is 20.2 Å². The first-order valence-corrected chi connectivity index (χ1v) is 6.44. The highest BCUT2D eigenvalue weighted by molar-refractivity contribution is 5.97. The molecule has 5 heteroatoms. The number of hydrogen-bond acceptors (Lipinski definition) is 4. The van der Waals surface area contributed by atoms with Crippen LogP contribution < -0.4 is 10.1 Å². The summed E-state index contributed by atoms with van der Waals surface area (Å²) in [4.78, 5) is 14.3. The molecule has 1 saturated heterocycles. The minimum absolute atomic E-state index is 0.0391. The number of hydrogen-bond donors (Lipinski definition) is 2. The van der Waals surface area contributed by atoms with Gasteiger partial charge in [-0.25, -0.2) is 0 Å². The fourth-order valence-electron chi connectivity index (χ4n) is 2.28. The lowest BCUT2D eigenvalue weighted by Crippen LogP contribution is -2.56. The van der Waals surface area contributed by atoms with Gasteiger partial charge in [0.15, 0.2) is 0 Å². The van der Waals surface area contributed by atoms with Crippen molar-refractivity contribution in [3.05, 3.63) is 23.8 Å². The summed E-state index contributed by atoms with van der Waals surface area (Å²) in [6, 6.07) is 5.13. The molecule has 0 spiro atoms. The fourth-order valence-corrected chi connectivity index (χ4v) is 2.28. The number of phenols is 1. The van der Waals surface area contributed by atoms with Gasteiger partial charge in [-0.2, -0.15) is 0 Å². The van der Waals surface area contributed by atoms with E-state index in [4.69, 9.17) is 4.74 Å². The van der Waals surface area contributed by atoms with Crippen LogP contribution in [-0.2, 0) is 0 Å². The Bertz CT molecular complexity index is 476. The number of amides is 1. The summed E-state index contributed by atoms with van der Waals surface area (Å²) in [6.07, 6.45) is 0. The van der Waals surface area contributed by atoms with E-state index in [0.717, 1.165) is 6.54 Å². The van der Waals surface area contributed by atoms with E-state index in [1.54, 1.807) is 17.0 Å². The van der Waals surface area contributed by atoms with Crippen LogP contribution in [-0.4, -0.2) is 48.2 Å². The van der Waals surface area contributed by atoms with Gasteiger partial charge in [0.1, 0.15) is 11.5 Å². The van der Waals surface area contributed by atoms with Crippen LogP contribution in [0.5, 0.6) is 11.5 Å². The highest BCUT2D eigenvalue weighted by atomic mass is 16.5. The van der Waals surface area contributed by atoms with E-state index in [0.29, 0.717) is 17.9 Å². The Morgan fingerprint density at radius 3 is 2.84 bits per heavy atom. The molecule has 0 aromatic heterocycles. The maximum Gasteiger partial charge on any atom is 0.257 e. The molecule has 1 aromatic carbocycles. The third-order valence-electron chi connectivity index (χ3n) is 3.46. The van der Waals surface area contributed by atoms with Crippen LogP contribution in [0.15, 0.2) is 18.2 Å². The predicted octanol–water partition coefficient (Wildman–Crippen LogP) is 1.22. The first kappa shape index (κ1) is 13.7. The van der Waals surface area contributed by atoms with Gasteiger partial charge in [0.25, 0.3) is 5.91 Å². The van der Waals surface area contributed by atoms with Crippen LogP contribution in [0.3, 0.4) is 0 Å². The van der Waals surface area contributed by atoms with Gasteiger partial charge in [0.05, 0.1) is 12.7 Å². The lowest BCUT2D eigenvalue weighted by molar-refractivity contribution is 0.0613. The second-order valence-electron chi connectivity index (χ2n) is 5.00. The van der Waals surface area contributed by atoms with Gasteiger partial charge in [-0.05, 0) is 26.0 Å². The van der Waals surface area contributed by atoms with Crippen LogP contribution in [0, 0.1) is 0 Å². The van der Waals surface area contributed by atoms with Crippen molar-refractivity contribution < 1.29 is 14.6 Å². The van der Waals surface area contributed by atoms with Crippen molar-refractivity contribution in [1.29, 1.82) is 0 Å². The lowest BCUT2D eigenvalue weighted by Gasteiger charge is -2.37. The summed E-state index contributed by atoms with van der Waals surface area (Å²) in [6.45, 7) is 5.45. The van der Waals surface area contributed by atoms with Crippen molar-refractivity contribution >= 4 is 5.91 Å². The molecule has 2 unspecified atom stereocenters. The first-order chi connectivity index (χ1) is 9.02. The number of carbonyl (C=O) groups excluding carboxylic acids is 1. The number of ether oxygens (including phenoxy) is 1. The lowest BCUT2D eigenvalue weighted by atomic mass is 10.1. The normalized spacial score (nSPS) is 23.2. The monoisotopic (exact) mass is 264 g/mol. The summed E-state index contributed by atoms with van der Waals surface area (Å²) in [5.41, 5.74) is 0.321. The minimum atomic E-state index is -0.138. The number of nitrogens with one attached hydrogen (secondary N) is 1. The molecular weight excluding hydrogens is 244 g/mol. The third kappa shape index (κ3) is 2.81. The van der Waals surface area contributed by atoms with Gasteiger partial charge in [-0.3, -0.25) is 4.79 Å². The molecule has 19 heavy (non-hydrogen) atoms. The molecule has 1 aromatic rings. The van der Waals surface area contributed by atoms with Crippen molar-refractivity contribution in [3.63, 3.8) is 0 Å². The number of piperazine rings is 1. The average molecular weight is 264 g/mol. The Kier molecular flexibility index (Phi) is 3.95. The van der Waals surface area contributed by atoms with Gasteiger partial charge < -0.3 is 20.1 Å². The molecule has 2 N–H and O–H groups in total. The number of carbonyl (C=O) groups is 1. The van der Waals surface area contributed by atoms with E-state index >= 15 is 0 Å². The summed E-state index contributed by atoms with van der Waals surface area (Å²) in [5.74, 6) is 0.361. The smallest absolute Gasteiger partial charge is 0.257 e. The molecule has 0 saturated carbocycles. The van der Waals surface area contributed by atoms with Crippen LogP contribution >= 0.6 is 0 Å². The molecular formula is C14H20N2O3. The van der Waals surface area contributed by atoms with Crippen molar-refractivity contribution in [2.24, 2.45) is 0 Å². The highest BCUT2D eigenvalue weighted by Gasteiger charge is 2.28. The molecule has 1 amide bonds. The second kappa shape index (κ2) is 5.48. The summed E-state index contributed by atoms with van der Waals surface area (Å²) in [5, 5.41) is 13.3. The highest BCUT2D eigenvalue weighted by Crippen LogP contribution is 2.25. The van der Waals surface area contributed by atoms with E-state index in [-0.39, 0.29) is 23.7 Å². The fraction of sp³-hybridized carbons (Fsp3) is 0.500. The number of rotatable bonds is 2. The number of benzene rings is 1. The molecule has 2 atom stereocenters. The van der Waals surface area contributed by atoms with Crippen LogP contribution in [0.1, 0.15) is 24.2 Å².